The van der Waals surface area contributed by atoms with E-state index in [2.05, 4.69) is 45.9 Å². The topological polar surface area (TPSA) is 38.1 Å². The molecule has 0 unspecified atom stereocenters. The first kappa shape index (κ1) is 12.4. The van der Waals surface area contributed by atoms with Crippen molar-refractivity contribution in [3.63, 3.8) is 0 Å². The molecule has 1 N–H and O–H groups in total. The standard InChI is InChI=1S/C18H16N2O/c1-12(21)13-5-4-6-14(9-13)18-16-8-3-2-7-15(16)17-10-19-11-20(17)18/h2-12,18,21H,1H3/t12-,18-/m0/s1. The maximum absolute atomic E-state index is 9.82. The van der Waals surface area contributed by atoms with E-state index in [9.17, 15) is 5.11 Å². The van der Waals surface area contributed by atoms with Crippen LogP contribution in [0.25, 0.3) is 11.3 Å². The number of nitrogens with zero attached hydrogens (tertiary/aromatic N) is 2. The Labute approximate surface area is 123 Å². The zero-order chi connectivity index (χ0) is 14.4. The third-order valence-electron chi connectivity index (χ3n) is 4.18. The fourth-order valence-corrected chi connectivity index (χ4v) is 3.17. The minimum absolute atomic E-state index is 0.136. The average Bonchev–Trinajstić information content (AvgIpc) is 3.07. The number of hydrogen-bond donors (Lipinski definition) is 1. The van der Waals surface area contributed by atoms with Crippen molar-refractivity contribution in [3.8, 4) is 11.3 Å². The molecule has 1 aromatic heterocycles. The number of aliphatic hydroxyl groups excluding tert-OH is 1. The third kappa shape index (κ3) is 1.82. The minimum atomic E-state index is -0.455. The van der Waals surface area contributed by atoms with E-state index in [4.69, 9.17) is 0 Å². The second-order valence-electron chi connectivity index (χ2n) is 5.52. The summed E-state index contributed by atoms with van der Waals surface area (Å²) in [5.74, 6) is 0. The van der Waals surface area contributed by atoms with Gasteiger partial charge in [-0.2, -0.15) is 0 Å². The van der Waals surface area contributed by atoms with E-state index >= 15 is 0 Å². The Kier molecular flexibility index (Phi) is 2.69. The molecule has 3 heteroatoms. The number of aliphatic hydroxyl groups is 1. The Morgan fingerprint density at radius 2 is 2.00 bits per heavy atom. The highest BCUT2D eigenvalue weighted by atomic mass is 16.3. The quantitative estimate of drug-likeness (QED) is 0.608. The molecule has 0 radical (unpaired) electrons. The van der Waals surface area contributed by atoms with Crippen molar-refractivity contribution in [2.24, 2.45) is 0 Å². The highest BCUT2D eigenvalue weighted by molar-refractivity contribution is 5.70. The van der Waals surface area contributed by atoms with Crippen LogP contribution in [-0.2, 0) is 0 Å². The Morgan fingerprint density at radius 1 is 1.14 bits per heavy atom. The zero-order valence-electron chi connectivity index (χ0n) is 11.8. The predicted molar refractivity (Wildman–Crippen MR) is 82.0 cm³/mol. The molecule has 0 aliphatic carbocycles. The fraction of sp³-hybridized carbons (Fsp3) is 0.167. The molecular weight excluding hydrogens is 260 g/mol. The lowest BCUT2D eigenvalue weighted by atomic mass is 9.95. The van der Waals surface area contributed by atoms with Gasteiger partial charge in [0.1, 0.15) is 0 Å². The molecule has 1 aliphatic heterocycles. The molecule has 0 spiro atoms. The van der Waals surface area contributed by atoms with Gasteiger partial charge in [0, 0.05) is 5.56 Å². The van der Waals surface area contributed by atoms with E-state index in [0.717, 1.165) is 11.3 Å². The van der Waals surface area contributed by atoms with Crippen molar-refractivity contribution < 1.29 is 5.11 Å². The Bertz CT molecular complexity index is 804. The molecular formula is C18H16N2O. The third-order valence-corrected chi connectivity index (χ3v) is 4.18. The van der Waals surface area contributed by atoms with Crippen LogP contribution in [0.4, 0.5) is 0 Å². The van der Waals surface area contributed by atoms with Gasteiger partial charge in [-0.15, -0.1) is 0 Å². The number of fused-ring (bicyclic) bond motifs is 3. The normalized spacial score (nSPS) is 17.3. The summed E-state index contributed by atoms with van der Waals surface area (Å²) in [6.07, 6.45) is 3.34. The number of aromatic nitrogens is 2. The maximum atomic E-state index is 9.82. The largest absolute Gasteiger partial charge is 0.389 e. The second-order valence-corrected chi connectivity index (χ2v) is 5.52. The Hall–Kier alpha value is -2.39. The molecule has 3 aromatic rings. The summed E-state index contributed by atoms with van der Waals surface area (Å²) < 4.78 is 2.20. The van der Waals surface area contributed by atoms with Crippen molar-refractivity contribution in [1.82, 2.24) is 9.55 Å². The fourth-order valence-electron chi connectivity index (χ4n) is 3.17. The van der Waals surface area contributed by atoms with Crippen molar-refractivity contribution in [2.45, 2.75) is 19.1 Å². The lowest BCUT2D eigenvalue weighted by Gasteiger charge is -2.17. The van der Waals surface area contributed by atoms with Gasteiger partial charge in [0.05, 0.1) is 30.4 Å². The van der Waals surface area contributed by atoms with E-state index in [1.165, 1.54) is 16.7 Å². The number of benzene rings is 2. The van der Waals surface area contributed by atoms with Gasteiger partial charge in [-0.3, -0.25) is 0 Å². The molecule has 2 atom stereocenters. The van der Waals surface area contributed by atoms with Crippen LogP contribution < -0.4 is 0 Å². The molecule has 0 saturated heterocycles. The van der Waals surface area contributed by atoms with Gasteiger partial charge in [-0.05, 0) is 23.6 Å². The highest BCUT2D eigenvalue weighted by Crippen LogP contribution is 2.42. The van der Waals surface area contributed by atoms with Gasteiger partial charge >= 0.3 is 0 Å². The molecule has 4 rings (SSSR count). The first-order valence-corrected chi connectivity index (χ1v) is 7.15. The van der Waals surface area contributed by atoms with E-state index in [1.807, 2.05) is 24.7 Å². The average molecular weight is 276 g/mol. The van der Waals surface area contributed by atoms with Gasteiger partial charge < -0.3 is 9.67 Å². The molecule has 0 amide bonds. The minimum Gasteiger partial charge on any atom is -0.389 e. The molecule has 2 aromatic carbocycles. The van der Waals surface area contributed by atoms with Crippen molar-refractivity contribution in [2.75, 3.05) is 0 Å². The van der Waals surface area contributed by atoms with Crippen molar-refractivity contribution in [3.05, 3.63) is 77.7 Å². The molecule has 1 aliphatic rings. The number of rotatable bonds is 2. The van der Waals surface area contributed by atoms with Gasteiger partial charge in [0.15, 0.2) is 0 Å². The highest BCUT2D eigenvalue weighted by Gasteiger charge is 2.29. The molecule has 2 heterocycles. The summed E-state index contributed by atoms with van der Waals surface area (Å²) in [5, 5.41) is 9.82. The monoisotopic (exact) mass is 276 g/mol. The van der Waals surface area contributed by atoms with E-state index in [0.29, 0.717) is 0 Å². The van der Waals surface area contributed by atoms with Gasteiger partial charge in [-0.25, -0.2) is 4.98 Å². The number of hydrogen-bond acceptors (Lipinski definition) is 2. The van der Waals surface area contributed by atoms with Crippen LogP contribution in [0.1, 0.15) is 35.8 Å². The Morgan fingerprint density at radius 3 is 2.86 bits per heavy atom. The summed E-state index contributed by atoms with van der Waals surface area (Å²) in [5.41, 5.74) is 5.80. The molecule has 0 bridgehead atoms. The van der Waals surface area contributed by atoms with Crippen LogP contribution in [0.3, 0.4) is 0 Å². The van der Waals surface area contributed by atoms with Crippen LogP contribution >= 0.6 is 0 Å². The van der Waals surface area contributed by atoms with E-state index in [1.54, 1.807) is 6.92 Å². The summed E-state index contributed by atoms with van der Waals surface area (Å²) in [4.78, 5) is 4.29. The predicted octanol–water partition coefficient (Wildman–Crippen LogP) is 3.55. The molecule has 21 heavy (non-hydrogen) atoms. The smallest absolute Gasteiger partial charge is 0.0959 e. The van der Waals surface area contributed by atoms with Crippen LogP contribution in [0, 0.1) is 0 Å². The molecule has 0 fully saturated rings. The molecule has 3 nitrogen and oxygen atoms in total. The van der Waals surface area contributed by atoms with Gasteiger partial charge in [-0.1, -0.05) is 48.5 Å². The van der Waals surface area contributed by atoms with Gasteiger partial charge in [0.2, 0.25) is 0 Å². The zero-order valence-corrected chi connectivity index (χ0v) is 11.8. The van der Waals surface area contributed by atoms with Crippen LogP contribution in [0.5, 0.6) is 0 Å². The van der Waals surface area contributed by atoms with Crippen molar-refractivity contribution >= 4 is 0 Å². The van der Waals surface area contributed by atoms with Crippen molar-refractivity contribution in [1.29, 1.82) is 0 Å². The van der Waals surface area contributed by atoms with Crippen LogP contribution in [0.15, 0.2) is 61.1 Å². The first-order valence-electron chi connectivity index (χ1n) is 7.15. The summed E-state index contributed by atoms with van der Waals surface area (Å²) >= 11 is 0. The Balaban J connectivity index is 1.91. The number of imidazole rings is 1. The first-order chi connectivity index (χ1) is 10.3. The summed E-state index contributed by atoms with van der Waals surface area (Å²) in [6, 6.07) is 16.7. The van der Waals surface area contributed by atoms with Crippen LogP contribution in [-0.4, -0.2) is 14.7 Å². The van der Waals surface area contributed by atoms with E-state index < -0.39 is 6.10 Å². The lowest BCUT2D eigenvalue weighted by Crippen LogP contribution is -2.07. The van der Waals surface area contributed by atoms with Crippen LogP contribution in [0.2, 0.25) is 0 Å². The summed E-state index contributed by atoms with van der Waals surface area (Å²) in [7, 11) is 0. The molecule has 104 valence electrons. The second kappa shape index (κ2) is 4.57. The van der Waals surface area contributed by atoms with E-state index in [-0.39, 0.29) is 6.04 Å². The molecule has 0 saturated carbocycles. The summed E-state index contributed by atoms with van der Waals surface area (Å²) in [6.45, 7) is 1.80. The SMILES string of the molecule is C[C@H](O)c1cccc([C@H]2c3ccccc3-c3cncn32)c1. The lowest BCUT2D eigenvalue weighted by molar-refractivity contribution is 0.199. The van der Waals surface area contributed by atoms with Gasteiger partial charge in [0.25, 0.3) is 0 Å². The maximum Gasteiger partial charge on any atom is 0.0959 e.